The molecule has 1 heterocycles. The molecular weight excluding hydrogens is 454 g/mol. The van der Waals surface area contributed by atoms with Crippen LogP contribution in [0.25, 0.3) is 11.3 Å². The van der Waals surface area contributed by atoms with Crippen molar-refractivity contribution < 1.29 is 18.7 Å². The standard InChI is InChI=1S/C26H22ClN3O4/c1-33-22-12-10-21(11-13-22)30-26(32)18-4-8-20(9-5-18)29-24(31)14-15-25-28-16-23(34-25)17-2-6-19(27)7-3-17/h2-13,16H,14-15H2,1H3,(H,29,31)(H,30,32). The van der Waals surface area contributed by atoms with Gasteiger partial charge in [0.05, 0.1) is 13.3 Å². The molecule has 0 bridgehead atoms. The summed E-state index contributed by atoms with van der Waals surface area (Å²) in [7, 11) is 1.58. The van der Waals surface area contributed by atoms with Gasteiger partial charge in [-0.2, -0.15) is 0 Å². The normalized spacial score (nSPS) is 10.5. The number of amides is 2. The SMILES string of the molecule is COc1ccc(NC(=O)c2ccc(NC(=O)CCc3ncc(-c4ccc(Cl)cc4)o3)cc2)cc1. The summed E-state index contributed by atoms with van der Waals surface area (Å²) in [5.74, 6) is 1.38. The van der Waals surface area contributed by atoms with E-state index < -0.39 is 0 Å². The summed E-state index contributed by atoms with van der Waals surface area (Å²) in [6.45, 7) is 0. The maximum Gasteiger partial charge on any atom is 0.255 e. The average molecular weight is 476 g/mol. The molecule has 0 unspecified atom stereocenters. The van der Waals surface area contributed by atoms with E-state index in [1.54, 1.807) is 74.0 Å². The molecule has 0 fully saturated rings. The van der Waals surface area contributed by atoms with Crippen LogP contribution in [-0.2, 0) is 11.2 Å². The van der Waals surface area contributed by atoms with Crippen LogP contribution in [-0.4, -0.2) is 23.9 Å². The maximum absolute atomic E-state index is 12.4. The zero-order valence-corrected chi connectivity index (χ0v) is 19.1. The van der Waals surface area contributed by atoms with Crippen molar-refractivity contribution in [3.05, 3.63) is 95.5 Å². The molecule has 172 valence electrons. The van der Waals surface area contributed by atoms with Crippen LogP contribution in [0.2, 0.25) is 5.02 Å². The highest BCUT2D eigenvalue weighted by Gasteiger charge is 2.11. The van der Waals surface area contributed by atoms with Crippen LogP contribution in [0.4, 0.5) is 11.4 Å². The van der Waals surface area contributed by atoms with Gasteiger partial charge in [-0.25, -0.2) is 4.98 Å². The first-order chi connectivity index (χ1) is 16.5. The van der Waals surface area contributed by atoms with E-state index in [1.165, 1.54) is 0 Å². The molecule has 0 radical (unpaired) electrons. The molecule has 0 atom stereocenters. The Bertz CT molecular complexity index is 1270. The number of benzene rings is 3. The van der Waals surface area contributed by atoms with Gasteiger partial charge in [0.1, 0.15) is 5.75 Å². The van der Waals surface area contributed by atoms with E-state index >= 15 is 0 Å². The molecule has 0 saturated carbocycles. The van der Waals surface area contributed by atoms with Gasteiger partial charge >= 0.3 is 0 Å². The fourth-order valence-corrected chi connectivity index (χ4v) is 3.33. The van der Waals surface area contributed by atoms with Gasteiger partial charge in [0, 0.05) is 40.4 Å². The third-order valence-corrected chi connectivity index (χ3v) is 5.28. The minimum absolute atomic E-state index is 0.179. The number of rotatable bonds is 8. The number of carbonyl (C=O) groups excluding carboxylic acids is 2. The first-order valence-electron chi connectivity index (χ1n) is 10.6. The van der Waals surface area contributed by atoms with Crippen molar-refractivity contribution in [2.45, 2.75) is 12.8 Å². The summed E-state index contributed by atoms with van der Waals surface area (Å²) in [5.41, 5.74) is 2.60. The molecule has 7 nitrogen and oxygen atoms in total. The molecule has 0 saturated heterocycles. The number of anilines is 2. The highest BCUT2D eigenvalue weighted by atomic mass is 35.5. The Kier molecular flexibility index (Phi) is 7.25. The van der Waals surface area contributed by atoms with E-state index in [4.69, 9.17) is 20.8 Å². The Labute approximate surface area is 201 Å². The zero-order chi connectivity index (χ0) is 23.9. The number of ether oxygens (including phenoxy) is 1. The smallest absolute Gasteiger partial charge is 0.255 e. The van der Waals surface area contributed by atoms with Crippen LogP contribution in [0, 0.1) is 0 Å². The van der Waals surface area contributed by atoms with E-state index in [0.29, 0.717) is 45.8 Å². The van der Waals surface area contributed by atoms with Crippen molar-refractivity contribution in [1.29, 1.82) is 0 Å². The summed E-state index contributed by atoms with van der Waals surface area (Å²) in [6, 6.07) is 21.0. The van der Waals surface area contributed by atoms with Crippen LogP contribution in [0.15, 0.2) is 83.4 Å². The summed E-state index contributed by atoms with van der Waals surface area (Å²) in [6.07, 6.45) is 2.20. The lowest BCUT2D eigenvalue weighted by atomic mass is 10.2. The fraction of sp³-hybridized carbons (Fsp3) is 0.115. The van der Waals surface area contributed by atoms with Gasteiger partial charge in [0.25, 0.3) is 5.91 Å². The Morgan fingerprint density at radius 2 is 1.56 bits per heavy atom. The molecule has 0 aliphatic rings. The van der Waals surface area contributed by atoms with Crippen LogP contribution >= 0.6 is 11.6 Å². The van der Waals surface area contributed by atoms with E-state index in [0.717, 1.165) is 5.56 Å². The molecule has 3 aromatic carbocycles. The first-order valence-corrected chi connectivity index (χ1v) is 10.9. The minimum Gasteiger partial charge on any atom is -0.497 e. The van der Waals surface area contributed by atoms with Gasteiger partial charge in [-0.15, -0.1) is 0 Å². The van der Waals surface area contributed by atoms with Crippen LogP contribution in [0.5, 0.6) is 5.75 Å². The minimum atomic E-state index is -0.247. The average Bonchev–Trinajstić information content (AvgIpc) is 3.33. The molecule has 8 heteroatoms. The Morgan fingerprint density at radius 3 is 2.24 bits per heavy atom. The molecule has 4 aromatic rings. The van der Waals surface area contributed by atoms with Crippen LogP contribution in [0.1, 0.15) is 22.7 Å². The van der Waals surface area contributed by atoms with Crippen molar-refractivity contribution in [3.8, 4) is 17.1 Å². The second-order valence-electron chi connectivity index (χ2n) is 7.43. The van der Waals surface area contributed by atoms with E-state index in [1.807, 2.05) is 12.1 Å². The Balaban J connectivity index is 1.27. The number of methoxy groups -OCH3 is 1. The Hall–Kier alpha value is -4.10. The van der Waals surface area contributed by atoms with Crippen molar-refractivity contribution in [2.75, 3.05) is 17.7 Å². The topological polar surface area (TPSA) is 93.5 Å². The summed E-state index contributed by atoms with van der Waals surface area (Å²) < 4.78 is 10.8. The fourth-order valence-electron chi connectivity index (χ4n) is 3.20. The van der Waals surface area contributed by atoms with Crippen LogP contribution in [0.3, 0.4) is 0 Å². The molecule has 0 spiro atoms. The monoisotopic (exact) mass is 475 g/mol. The second kappa shape index (κ2) is 10.7. The number of halogens is 1. The summed E-state index contributed by atoms with van der Waals surface area (Å²) >= 11 is 5.91. The number of nitrogens with zero attached hydrogens (tertiary/aromatic N) is 1. The highest BCUT2D eigenvalue weighted by Crippen LogP contribution is 2.23. The van der Waals surface area contributed by atoms with Gasteiger partial charge in [-0.05, 0) is 72.8 Å². The maximum atomic E-state index is 12.4. The number of aryl methyl sites for hydroxylation is 1. The number of nitrogens with one attached hydrogen (secondary N) is 2. The lowest BCUT2D eigenvalue weighted by Crippen LogP contribution is -2.14. The number of aromatic nitrogens is 1. The van der Waals surface area contributed by atoms with Gasteiger partial charge in [-0.3, -0.25) is 9.59 Å². The van der Waals surface area contributed by atoms with Crippen molar-refractivity contribution in [3.63, 3.8) is 0 Å². The predicted octanol–water partition coefficient (Wildman–Crippen LogP) is 5.83. The number of hydrogen-bond acceptors (Lipinski definition) is 5. The van der Waals surface area contributed by atoms with Crippen LogP contribution < -0.4 is 15.4 Å². The number of carbonyl (C=O) groups is 2. The third-order valence-electron chi connectivity index (χ3n) is 5.03. The molecule has 2 N–H and O–H groups in total. The largest absolute Gasteiger partial charge is 0.497 e. The van der Waals surface area contributed by atoms with Gasteiger partial charge in [0.2, 0.25) is 5.91 Å². The first kappa shape index (κ1) is 23.1. The van der Waals surface area contributed by atoms with E-state index in [2.05, 4.69) is 15.6 Å². The lowest BCUT2D eigenvalue weighted by Gasteiger charge is -2.08. The molecule has 1 aromatic heterocycles. The van der Waals surface area contributed by atoms with Crippen molar-refractivity contribution in [1.82, 2.24) is 4.98 Å². The van der Waals surface area contributed by atoms with Gasteiger partial charge in [-0.1, -0.05) is 11.6 Å². The zero-order valence-electron chi connectivity index (χ0n) is 18.4. The van der Waals surface area contributed by atoms with Gasteiger partial charge < -0.3 is 19.8 Å². The second-order valence-corrected chi connectivity index (χ2v) is 7.87. The quantitative estimate of drug-likeness (QED) is 0.334. The molecule has 0 aliphatic heterocycles. The molecule has 4 rings (SSSR count). The summed E-state index contributed by atoms with van der Waals surface area (Å²) in [4.78, 5) is 29.0. The molecule has 34 heavy (non-hydrogen) atoms. The molecular formula is C26H22ClN3O4. The number of oxazole rings is 1. The third kappa shape index (κ3) is 6.02. The Morgan fingerprint density at radius 1 is 0.912 bits per heavy atom. The van der Waals surface area contributed by atoms with E-state index in [-0.39, 0.29) is 18.2 Å². The molecule has 0 aliphatic carbocycles. The number of hydrogen-bond donors (Lipinski definition) is 2. The summed E-state index contributed by atoms with van der Waals surface area (Å²) in [5, 5.41) is 6.28. The van der Waals surface area contributed by atoms with Gasteiger partial charge in [0.15, 0.2) is 11.7 Å². The van der Waals surface area contributed by atoms with Crippen molar-refractivity contribution in [2.24, 2.45) is 0 Å². The van der Waals surface area contributed by atoms with E-state index in [9.17, 15) is 9.59 Å². The lowest BCUT2D eigenvalue weighted by molar-refractivity contribution is -0.116. The highest BCUT2D eigenvalue weighted by molar-refractivity contribution is 6.30. The molecule has 2 amide bonds. The predicted molar refractivity (Wildman–Crippen MR) is 131 cm³/mol. The van der Waals surface area contributed by atoms with Crippen molar-refractivity contribution >= 4 is 34.8 Å².